The Balaban J connectivity index is 2.21. The molecule has 1 saturated heterocycles. The van der Waals surface area contributed by atoms with Gasteiger partial charge in [-0.2, -0.15) is 0 Å². The molecule has 0 radical (unpaired) electrons. The molecule has 4 nitrogen and oxygen atoms in total. The third-order valence-corrected chi connectivity index (χ3v) is 1.77. The van der Waals surface area contributed by atoms with Crippen molar-refractivity contribution in [2.75, 3.05) is 18.2 Å². The summed E-state index contributed by atoms with van der Waals surface area (Å²) in [7, 11) is 0. The zero-order valence-electron chi connectivity index (χ0n) is 7.03. The molecule has 12 heavy (non-hydrogen) atoms. The van der Waals surface area contributed by atoms with Gasteiger partial charge in [0.25, 0.3) is 0 Å². The highest BCUT2D eigenvalue weighted by Gasteiger charge is 2.14. The fourth-order valence-electron chi connectivity index (χ4n) is 1.21. The lowest BCUT2D eigenvalue weighted by molar-refractivity contribution is 0.166. The molecule has 1 aromatic heterocycles. The van der Waals surface area contributed by atoms with Crippen molar-refractivity contribution in [2.24, 2.45) is 0 Å². The predicted octanol–water partition coefficient (Wildman–Crippen LogP) is 0.927. The lowest BCUT2D eigenvalue weighted by Crippen LogP contribution is -2.17. The normalized spacial score (nSPS) is 16.9. The average Bonchev–Trinajstić information content (AvgIpc) is 2.56. The molecule has 0 bridgehead atoms. The molecular weight excluding hydrogens is 154 g/mol. The van der Waals surface area contributed by atoms with Gasteiger partial charge in [-0.3, -0.25) is 4.84 Å². The summed E-state index contributed by atoms with van der Waals surface area (Å²) >= 11 is 0. The number of aromatic nitrogens is 2. The van der Waals surface area contributed by atoms with Gasteiger partial charge in [0.2, 0.25) is 0 Å². The van der Waals surface area contributed by atoms with Crippen molar-refractivity contribution >= 4 is 5.82 Å². The third kappa shape index (κ3) is 1.38. The fraction of sp³-hybridized carbons (Fsp3) is 0.500. The number of nitrogens with zero attached hydrogens (tertiary/aromatic N) is 3. The van der Waals surface area contributed by atoms with E-state index in [0.717, 1.165) is 31.2 Å². The Kier molecular flexibility index (Phi) is 1.91. The van der Waals surface area contributed by atoms with Gasteiger partial charge >= 0.3 is 0 Å². The third-order valence-electron chi connectivity index (χ3n) is 1.77. The highest BCUT2D eigenvalue weighted by atomic mass is 16.7. The van der Waals surface area contributed by atoms with Crippen LogP contribution in [0.15, 0.2) is 12.3 Å². The van der Waals surface area contributed by atoms with E-state index in [1.165, 1.54) is 0 Å². The first-order valence-electron chi connectivity index (χ1n) is 4.06. The van der Waals surface area contributed by atoms with Crippen LogP contribution in [0.3, 0.4) is 0 Å². The van der Waals surface area contributed by atoms with E-state index in [9.17, 15) is 0 Å². The van der Waals surface area contributed by atoms with E-state index in [0.29, 0.717) is 0 Å². The minimum absolute atomic E-state index is 0.781. The topological polar surface area (TPSA) is 38.2 Å². The van der Waals surface area contributed by atoms with Crippen molar-refractivity contribution in [1.29, 1.82) is 0 Å². The molecular formula is C8H11N3O. The Bertz CT molecular complexity index is 271. The van der Waals surface area contributed by atoms with Crippen LogP contribution in [0.5, 0.6) is 0 Å². The van der Waals surface area contributed by atoms with E-state index in [4.69, 9.17) is 4.84 Å². The number of rotatable bonds is 1. The molecule has 64 valence electrons. The molecule has 0 unspecified atom stereocenters. The molecule has 0 spiro atoms. The van der Waals surface area contributed by atoms with E-state index in [-0.39, 0.29) is 0 Å². The first-order chi connectivity index (χ1) is 5.86. The van der Waals surface area contributed by atoms with E-state index >= 15 is 0 Å². The maximum Gasteiger partial charge on any atom is 0.156 e. The van der Waals surface area contributed by atoms with Crippen molar-refractivity contribution < 1.29 is 4.84 Å². The molecule has 1 aromatic rings. The van der Waals surface area contributed by atoms with Gasteiger partial charge in [-0.05, 0) is 13.3 Å². The first kappa shape index (κ1) is 7.49. The Morgan fingerprint density at radius 2 is 2.50 bits per heavy atom. The van der Waals surface area contributed by atoms with E-state index in [1.807, 2.05) is 18.1 Å². The van der Waals surface area contributed by atoms with Gasteiger partial charge in [-0.25, -0.2) is 15.0 Å². The molecule has 4 heteroatoms. The van der Waals surface area contributed by atoms with Gasteiger partial charge in [0, 0.05) is 18.8 Å². The largest absolute Gasteiger partial charge is 0.272 e. The lowest BCUT2D eigenvalue weighted by atomic mass is 10.4. The summed E-state index contributed by atoms with van der Waals surface area (Å²) in [5.41, 5.74) is 0. The van der Waals surface area contributed by atoms with Gasteiger partial charge in [-0.1, -0.05) is 0 Å². The second-order valence-electron chi connectivity index (χ2n) is 2.75. The molecule has 0 atom stereocenters. The van der Waals surface area contributed by atoms with Crippen LogP contribution in [0.1, 0.15) is 12.2 Å². The standard InChI is InChI=1S/C8H11N3O/c1-7-9-4-3-8(10-7)11-5-2-6-12-11/h3-4H,2,5-6H2,1H3. The highest BCUT2D eigenvalue weighted by Crippen LogP contribution is 2.14. The molecule has 0 N–H and O–H groups in total. The Morgan fingerprint density at radius 1 is 1.58 bits per heavy atom. The summed E-state index contributed by atoms with van der Waals surface area (Å²) in [4.78, 5) is 13.6. The van der Waals surface area contributed by atoms with Crippen LogP contribution < -0.4 is 5.06 Å². The lowest BCUT2D eigenvalue weighted by Gasteiger charge is -2.13. The zero-order chi connectivity index (χ0) is 8.39. The number of hydrogen-bond donors (Lipinski definition) is 0. The molecule has 0 aliphatic carbocycles. The summed E-state index contributed by atoms with van der Waals surface area (Å²) in [6.45, 7) is 3.60. The van der Waals surface area contributed by atoms with Crippen LogP contribution in [0.25, 0.3) is 0 Å². The summed E-state index contributed by atoms with van der Waals surface area (Å²) in [5, 5.41) is 1.81. The van der Waals surface area contributed by atoms with Crippen LogP contribution in [0, 0.1) is 6.92 Å². The fourth-order valence-corrected chi connectivity index (χ4v) is 1.21. The van der Waals surface area contributed by atoms with Crippen LogP contribution in [0.2, 0.25) is 0 Å². The number of aryl methyl sites for hydroxylation is 1. The monoisotopic (exact) mass is 165 g/mol. The van der Waals surface area contributed by atoms with Crippen molar-refractivity contribution in [2.45, 2.75) is 13.3 Å². The Morgan fingerprint density at radius 3 is 3.17 bits per heavy atom. The summed E-state index contributed by atoms with van der Waals surface area (Å²) in [5.74, 6) is 1.64. The number of hydroxylamine groups is 1. The molecule has 2 heterocycles. The molecule has 2 rings (SSSR count). The SMILES string of the molecule is Cc1nccc(N2CCCO2)n1. The van der Waals surface area contributed by atoms with E-state index in [2.05, 4.69) is 9.97 Å². The minimum atomic E-state index is 0.781. The quantitative estimate of drug-likeness (QED) is 0.620. The molecule has 0 amide bonds. The van der Waals surface area contributed by atoms with Gasteiger partial charge in [0.1, 0.15) is 5.82 Å². The second-order valence-corrected chi connectivity index (χ2v) is 2.75. The number of anilines is 1. The van der Waals surface area contributed by atoms with Crippen LogP contribution in [-0.2, 0) is 4.84 Å². The second kappa shape index (κ2) is 3.06. The molecule has 1 fully saturated rings. The zero-order valence-corrected chi connectivity index (χ0v) is 7.03. The molecule has 0 aromatic carbocycles. The Labute approximate surface area is 71.2 Å². The molecule has 1 aliphatic rings. The summed E-state index contributed by atoms with van der Waals surface area (Å²) in [6.07, 6.45) is 2.82. The van der Waals surface area contributed by atoms with Crippen LogP contribution >= 0.6 is 0 Å². The summed E-state index contributed by atoms with van der Waals surface area (Å²) < 4.78 is 0. The maximum atomic E-state index is 5.34. The van der Waals surface area contributed by atoms with E-state index < -0.39 is 0 Å². The minimum Gasteiger partial charge on any atom is -0.272 e. The van der Waals surface area contributed by atoms with Crippen molar-refractivity contribution in [1.82, 2.24) is 9.97 Å². The number of hydrogen-bond acceptors (Lipinski definition) is 4. The smallest absolute Gasteiger partial charge is 0.156 e. The first-order valence-corrected chi connectivity index (χ1v) is 4.06. The van der Waals surface area contributed by atoms with Crippen molar-refractivity contribution in [3.63, 3.8) is 0 Å². The van der Waals surface area contributed by atoms with Gasteiger partial charge in [0.05, 0.1) is 6.61 Å². The highest BCUT2D eigenvalue weighted by molar-refractivity contribution is 5.34. The van der Waals surface area contributed by atoms with Gasteiger partial charge in [-0.15, -0.1) is 0 Å². The van der Waals surface area contributed by atoms with E-state index in [1.54, 1.807) is 6.20 Å². The van der Waals surface area contributed by atoms with Crippen molar-refractivity contribution in [3.05, 3.63) is 18.1 Å². The van der Waals surface area contributed by atoms with Crippen LogP contribution in [-0.4, -0.2) is 23.1 Å². The maximum absolute atomic E-state index is 5.34. The van der Waals surface area contributed by atoms with Gasteiger partial charge < -0.3 is 0 Å². The molecule has 0 saturated carbocycles. The average molecular weight is 165 g/mol. The Hall–Kier alpha value is -1.16. The van der Waals surface area contributed by atoms with Gasteiger partial charge in [0.15, 0.2) is 5.82 Å². The molecule has 1 aliphatic heterocycles. The summed E-state index contributed by atoms with van der Waals surface area (Å²) in [6, 6.07) is 1.86. The van der Waals surface area contributed by atoms with Crippen LogP contribution in [0.4, 0.5) is 5.82 Å². The van der Waals surface area contributed by atoms with Crippen molar-refractivity contribution in [3.8, 4) is 0 Å². The predicted molar refractivity (Wildman–Crippen MR) is 44.7 cm³/mol.